The normalized spacial score (nSPS) is 9.79. The third-order valence-corrected chi connectivity index (χ3v) is 2.06. The summed E-state index contributed by atoms with van der Waals surface area (Å²) in [5, 5.41) is 10.3. The van der Waals surface area contributed by atoms with Crippen molar-refractivity contribution in [2.45, 2.75) is 19.8 Å². The molecule has 0 fully saturated rings. The lowest BCUT2D eigenvalue weighted by Crippen LogP contribution is -2.15. The van der Waals surface area contributed by atoms with E-state index in [9.17, 15) is 0 Å². The Morgan fingerprint density at radius 2 is 2.29 bits per heavy atom. The number of aryl methyl sites for hydroxylation is 1. The molecule has 0 saturated heterocycles. The minimum Gasteiger partial charge on any atom is -0.388 e. The molecule has 0 unspecified atom stereocenters. The molecule has 0 aliphatic carbocycles. The summed E-state index contributed by atoms with van der Waals surface area (Å²) in [5.74, 6) is 0.226. The molecule has 0 atom stereocenters. The van der Waals surface area contributed by atoms with Crippen molar-refractivity contribution < 1.29 is 0 Å². The number of rotatable bonds is 5. The van der Waals surface area contributed by atoms with Crippen molar-refractivity contribution in [3.63, 3.8) is 0 Å². The second-order valence-corrected chi connectivity index (χ2v) is 3.26. The first-order valence-corrected chi connectivity index (χ1v) is 4.88. The predicted octanol–water partition coefficient (Wildman–Crippen LogP) is 1.99. The van der Waals surface area contributed by atoms with Crippen LogP contribution in [0.15, 0.2) is 24.3 Å². The smallest absolute Gasteiger partial charge is 0.0923 e. The van der Waals surface area contributed by atoms with Crippen LogP contribution in [0.1, 0.15) is 18.9 Å². The summed E-state index contributed by atoms with van der Waals surface area (Å²) in [5.41, 5.74) is 7.68. The van der Waals surface area contributed by atoms with Gasteiger partial charge in [-0.05, 0) is 24.1 Å². The Morgan fingerprint density at radius 1 is 1.50 bits per heavy atom. The molecule has 3 nitrogen and oxygen atoms in total. The average Bonchev–Trinajstić information content (AvgIpc) is 2.18. The molecule has 14 heavy (non-hydrogen) atoms. The highest BCUT2D eigenvalue weighted by atomic mass is 14.9. The zero-order chi connectivity index (χ0) is 10.4. The fourth-order valence-electron chi connectivity index (χ4n) is 1.24. The Kier molecular flexibility index (Phi) is 3.98. The number of benzene rings is 1. The number of amidine groups is 1. The van der Waals surface area contributed by atoms with Gasteiger partial charge in [-0.1, -0.05) is 19.1 Å². The molecule has 1 aromatic carbocycles. The first kappa shape index (κ1) is 10.6. The van der Waals surface area contributed by atoms with Gasteiger partial charge in [0.15, 0.2) is 0 Å². The van der Waals surface area contributed by atoms with Crippen molar-refractivity contribution in [1.29, 1.82) is 5.41 Å². The molecule has 3 heteroatoms. The number of nitrogens with two attached hydrogens (primary N) is 1. The zero-order valence-electron chi connectivity index (χ0n) is 8.51. The first-order valence-electron chi connectivity index (χ1n) is 4.88. The van der Waals surface area contributed by atoms with Crippen molar-refractivity contribution >= 4 is 11.5 Å². The van der Waals surface area contributed by atoms with Gasteiger partial charge in [-0.15, -0.1) is 0 Å². The Labute approximate surface area is 84.8 Å². The van der Waals surface area contributed by atoms with Crippen LogP contribution < -0.4 is 11.1 Å². The maximum Gasteiger partial charge on any atom is 0.0923 e. The number of anilines is 1. The van der Waals surface area contributed by atoms with Gasteiger partial charge in [0.1, 0.15) is 0 Å². The van der Waals surface area contributed by atoms with Crippen LogP contribution in [-0.2, 0) is 6.42 Å². The van der Waals surface area contributed by atoms with E-state index in [1.165, 1.54) is 5.56 Å². The lowest BCUT2D eigenvalue weighted by atomic mass is 10.1. The fourth-order valence-corrected chi connectivity index (χ4v) is 1.24. The summed E-state index contributed by atoms with van der Waals surface area (Å²) in [4.78, 5) is 0. The van der Waals surface area contributed by atoms with Gasteiger partial charge in [0, 0.05) is 18.7 Å². The lowest BCUT2D eigenvalue weighted by Gasteiger charge is -2.06. The molecule has 0 aliphatic rings. The van der Waals surface area contributed by atoms with Crippen LogP contribution in [-0.4, -0.2) is 12.4 Å². The Morgan fingerprint density at radius 3 is 2.93 bits per heavy atom. The van der Waals surface area contributed by atoms with Crippen molar-refractivity contribution in [1.82, 2.24) is 0 Å². The highest BCUT2D eigenvalue weighted by Gasteiger charge is 1.94. The predicted molar refractivity (Wildman–Crippen MR) is 60.8 cm³/mol. The van der Waals surface area contributed by atoms with Gasteiger partial charge in [-0.25, -0.2) is 0 Å². The van der Waals surface area contributed by atoms with Gasteiger partial charge >= 0.3 is 0 Å². The quantitative estimate of drug-likeness (QED) is 0.492. The third kappa shape index (κ3) is 3.47. The summed E-state index contributed by atoms with van der Waals surface area (Å²) in [7, 11) is 0. The number of hydrogen-bond donors (Lipinski definition) is 3. The lowest BCUT2D eigenvalue weighted by molar-refractivity contribution is 1.07. The molecule has 0 radical (unpaired) electrons. The summed E-state index contributed by atoms with van der Waals surface area (Å²) < 4.78 is 0. The third-order valence-electron chi connectivity index (χ3n) is 2.06. The van der Waals surface area contributed by atoms with Crippen LogP contribution in [0.3, 0.4) is 0 Å². The Hall–Kier alpha value is -1.51. The van der Waals surface area contributed by atoms with Gasteiger partial charge < -0.3 is 11.1 Å². The average molecular weight is 191 g/mol. The van der Waals surface area contributed by atoms with Gasteiger partial charge in [-0.3, -0.25) is 5.41 Å². The van der Waals surface area contributed by atoms with E-state index in [-0.39, 0.29) is 5.84 Å². The van der Waals surface area contributed by atoms with E-state index in [2.05, 4.69) is 24.4 Å². The van der Waals surface area contributed by atoms with E-state index in [0.717, 1.165) is 18.7 Å². The number of hydrogen-bond acceptors (Lipinski definition) is 2. The number of nitrogens with one attached hydrogen (secondary N) is 2. The summed E-state index contributed by atoms with van der Waals surface area (Å²) in [6.07, 6.45) is 1.64. The molecule has 76 valence electrons. The van der Waals surface area contributed by atoms with Crippen LogP contribution in [0, 0.1) is 5.41 Å². The van der Waals surface area contributed by atoms with Gasteiger partial charge in [0.25, 0.3) is 0 Å². The second-order valence-electron chi connectivity index (χ2n) is 3.26. The second kappa shape index (κ2) is 5.27. The van der Waals surface area contributed by atoms with Crippen molar-refractivity contribution in [2.75, 3.05) is 11.9 Å². The van der Waals surface area contributed by atoms with Gasteiger partial charge in [0.05, 0.1) is 5.84 Å². The minimum atomic E-state index is 0.226. The van der Waals surface area contributed by atoms with Crippen LogP contribution in [0.2, 0.25) is 0 Å². The maximum absolute atomic E-state index is 7.08. The summed E-state index contributed by atoms with van der Waals surface area (Å²) in [6.45, 7) is 2.86. The molecule has 0 heterocycles. The largest absolute Gasteiger partial charge is 0.388 e. The highest BCUT2D eigenvalue weighted by molar-refractivity contribution is 5.77. The zero-order valence-corrected chi connectivity index (χ0v) is 8.51. The monoisotopic (exact) mass is 191 g/mol. The van der Waals surface area contributed by atoms with Crippen LogP contribution in [0.25, 0.3) is 0 Å². The topological polar surface area (TPSA) is 61.9 Å². The van der Waals surface area contributed by atoms with Crippen LogP contribution in [0.4, 0.5) is 5.69 Å². The first-order chi connectivity index (χ1) is 6.72. The fraction of sp³-hybridized carbons (Fsp3) is 0.364. The van der Waals surface area contributed by atoms with E-state index < -0.39 is 0 Å². The summed E-state index contributed by atoms with van der Waals surface area (Å²) >= 11 is 0. The minimum absolute atomic E-state index is 0.226. The molecule has 1 aromatic rings. The van der Waals surface area contributed by atoms with Crippen LogP contribution >= 0.6 is 0 Å². The molecule has 0 aromatic heterocycles. The molecule has 0 spiro atoms. The van der Waals surface area contributed by atoms with Gasteiger partial charge in [-0.2, -0.15) is 0 Å². The van der Waals surface area contributed by atoms with E-state index in [1.807, 2.05) is 12.1 Å². The standard InChI is InChI=1S/C11H17N3/c1-2-9-4-3-5-10(8-9)14-7-6-11(12)13/h3-5,8,14H,2,6-7H2,1H3,(H3,12,13). The highest BCUT2D eigenvalue weighted by Crippen LogP contribution is 2.10. The van der Waals surface area contributed by atoms with E-state index in [4.69, 9.17) is 11.1 Å². The van der Waals surface area contributed by atoms with Crippen molar-refractivity contribution in [3.05, 3.63) is 29.8 Å². The molecular formula is C11H17N3. The Bertz CT molecular complexity index is 307. The molecule has 0 aliphatic heterocycles. The van der Waals surface area contributed by atoms with Crippen molar-refractivity contribution in [2.24, 2.45) is 5.73 Å². The molecule has 1 rings (SSSR count). The van der Waals surface area contributed by atoms with E-state index in [1.54, 1.807) is 0 Å². The molecular weight excluding hydrogens is 174 g/mol. The van der Waals surface area contributed by atoms with Crippen molar-refractivity contribution in [3.8, 4) is 0 Å². The molecule has 4 N–H and O–H groups in total. The van der Waals surface area contributed by atoms with E-state index >= 15 is 0 Å². The molecule has 0 bridgehead atoms. The van der Waals surface area contributed by atoms with Crippen LogP contribution in [0.5, 0.6) is 0 Å². The Balaban J connectivity index is 2.46. The molecule has 0 saturated carbocycles. The molecule has 0 amide bonds. The van der Waals surface area contributed by atoms with Gasteiger partial charge in [0.2, 0.25) is 0 Å². The maximum atomic E-state index is 7.08. The summed E-state index contributed by atoms with van der Waals surface area (Å²) in [6, 6.07) is 8.30. The SMILES string of the molecule is CCc1cccc(NCCC(=N)N)c1. The van der Waals surface area contributed by atoms with E-state index in [0.29, 0.717) is 6.42 Å².